The van der Waals surface area contributed by atoms with Gasteiger partial charge in [0, 0.05) is 39.0 Å². The van der Waals surface area contributed by atoms with Crippen LogP contribution in [0.3, 0.4) is 0 Å². The van der Waals surface area contributed by atoms with Crippen LogP contribution < -0.4 is 35.3 Å². The van der Waals surface area contributed by atoms with Gasteiger partial charge in [-0.2, -0.15) is 0 Å². The molecule has 0 radical (unpaired) electrons. The van der Waals surface area contributed by atoms with E-state index >= 15 is 0 Å². The largest absolute Gasteiger partial charge is 1.00 e. The molecule has 0 heterocycles. The molecule has 0 aliphatic heterocycles. The third-order valence-corrected chi connectivity index (χ3v) is 1.12. The van der Waals surface area contributed by atoms with E-state index in [-0.39, 0.29) is 63.8 Å². The number of halogens is 2. The first-order chi connectivity index (χ1) is 3.80. The molecule has 0 nitrogen and oxygen atoms in total. The van der Waals surface area contributed by atoms with Crippen molar-refractivity contribution >= 4 is 13.2 Å². The van der Waals surface area contributed by atoms with Gasteiger partial charge in [0.1, 0.15) is 0 Å². The summed E-state index contributed by atoms with van der Waals surface area (Å²) in [5.41, 5.74) is 0. The molecule has 1 aromatic rings. The average molecular weight is 306 g/mol. The van der Waals surface area contributed by atoms with Crippen molar-refractivity contribution in [3.63, 3.8) is 0 Å². The van der Waals surface area contributed by atoms with Crippen molar-refractivity contribution in [1.82, 2.24) is 0 Å². The van der Waals surface area contributed by atoms with Crippen LogP contribution in [0, 0.1) is 0 Å². The average Bonchev–Trinajstić information content (AvgIpc) is 1.77. The van der Waals surface area contributed by atoms with E-state index in [9.17, 15) is 0 Å². The molecule has 0 unspecified atom stereocenters. The zero-order chi connectivity index (χ0) is 5.98. The molecule has 0 saturated carbocycles. The smallest absolute Gasteiger partial charge is 0 e. The van der Waals surface area contributed by atoms with Gasteiger partial charge < -0.3 is 24.8 Å². The zero-order valence-electron chi connectivity index (χ0n) is 6.89. The first kappa shape index (κ1) is 23.0. The summed E-state index contributed by atoms with van der Waals surface area (Å²) >= 11 is 0. The quantitative estimate of drug-likeness (QED) is 0.420. The van der Waals surface area contributed by atoms with Crippen molar-refractivity contribution in [1.29, 1.82) is 0 Å². The Morgan fingerprint density at radius 3 is 1.17 bits per heavy atom. The molecule has 0 spiro atoms. The Balaban J connectivity index is -0.0000000800. The van der Waals surface area contributed by atoms with Gasteiger partial charge in [-0.3, -0.25) is 0 Å². The standard InChI is InChI=1S/C8H8.2ClH.2Zn/c1-7-5-3-4-6-8(7)2;;;;/h3-6H,1-2H2;2*1H;;/p-2. The van der Waals surface area contributed by atoms with Crippen LogP contribution in [0.15, 0.2) is 24.3 Å². The Morgan fingerprint density at radius 1 is 0.750 bits per heavy atom. The predicted molar refractivity (Wildman–Crippen MR) is 36.7 cm³/mol. The Bertz CT molecular complexity index is 246. The molecule has 0 N–H and O–H groups in total. The third kappa shape index (κ3) is 7.44. The Labute approximate surface area is 111 Å². The van der Waals surface area contributed by atoms with Gasteiger partial charge in [-0.05, 0) is 10.4 Å². The van der Waals surface area contributed by atoms with E-state index in [4.69, 9.17) is 0 Å². The molecule has 0 saturated heterocycles. The SMILES string of the molecule is C=c1ccccc1=C.[Cl-].[Cl-].[Zn].[Zn]. The summed E-state index contributed by atoms with van der Waals surface area (Å²) < 4.78 is 0. The van der Waals surface area contributed by atoms with Crippen molar-refractivity contribution < 1.29 is 63.8 Å². The van der Waals surface area contributed by atoms with Gasteiger partial charge >= 0.3 is 0 Å². The molecule has 1 aromatic carbocycles. The van der Waals surface area contributed by atoms with Crippen LogP contribution in [0.1, 0.15) is 0 Å². The molecule has 4 heteroatoms. The molecule has 0 bridgehead atoms. The van der Waals surface area contributed by atoms with Crippen LogP contribution in [0.4, 0.5) is 0 Å². The van der Waals surface area contributed by atoms with Gasteiger partial charge in [0.15, 0.2) is 0 Å². The van der Waals surface area contributed by atoms with Crippen LogP contribution in [0.5, 0.6) is 0 Å². The summed E-state index contributed by atoms with van der Waals surface area (Å²) in [6, 6.07) is 7.80. The molecule has 12 heavy (non-hydrogen) atoms. The molecule has 0 aliphatic rings. The molecule has 0 aromatic heterocycles. The van der Waals surface area contributed by atoms with Crippen LogP contribution >= 0.6 is 0 Å². The van der Waals surface area contributed by atoms with Gasteiger partial charge in [0.2, 0.25) is 0 Å². The fraction of sp³-hybridized carbons (Fsp3) is 0. The van der Waals surface area contributed by atoms with Gasteiger partial charge in [0.25, 0.3) is 0 Å². The molecular formula is C8H8Cl2Zn2-2. The molecule has 60 valence electrons. The van der Waals surface area contributed by atoms with Gasteiger partial charge in [-0.25, -0.2) is 0 Å². The van der Waals surface area contributed by atoms with E-state index in [1.54, 1.807) is 0 Å². The van der Waals surface area contributed by atoms with E-state index in [1.807, 2.05) is 24.3 Å². The Kier molecular flexibility index (Phi) is 22.6. The predicted octanol–water partition coefficient (Wildman–Crippen LogP) is -5.49. The molecule has 0 atom stereocenters. The van der Waals surface area contributed by atoms with Gasteiger partial charge in [0.05, 0.1) is 0 Å². The molecule has 1 rings (SSSR count). The van der Waals surface area contributed by atoms with Crippen molar-refractivity contribution in [2.75, 3.05) is 0 Å². The number of rotatable bonds is 0. The monoisotopic (exact) mass is 302 g/mol. The molecule has 0 fully saturated rings. The van der Waals surface area contributed by atoms with Crippen LogP contribution in [-0.2, 0) is 39.0 Å². The summed E-state index contributed by atoms with van der Waals surface area (Å²) in [6.45, 7) is 7.52. The van der Waals surface area contributed by atoms with Crippen molar-refractivity contribution in [2.24, 2.45) is 0 Å². The summed E-state index contributed by atoms with van der Waals surface area (Å²) in [5.74, 6) is 0. The van der Waals surface area contributed by atoms with Crippen molar-refractivity contribution in [2.45, 2.75) is 0 Å². The minimum Gasteiger partial charge on any atom is -1.00 e. The summed E-state index contributed by atoms with van der Waals surface area (Å²) in [4.78, 5) is 0. The molecule has 0 amide bonds. The first-order valence-corrected chi connectivity index (χ1v) is 2.53. The summed E-state index contributed by atoms with van der Waals surface area (Å²) in [7, 11) is 0. The van der Waals surface area contributed by atoms with E-state index in [0.29, 0.717) is 0 Å². The number of benzene rings is 1. The fourth-order valence-electron chi connectivity index (χ4n) is 0.557. The Morgan fingerprint density at radius 2 is 1.00 bits per heavy atom. The second kappa shape index (κ2) is 11.8. The summed E-state index contributed by atoms with van der Waals surface area (Å²) in [5, 5.41) is 2.01. The van der Waals surface area contributed by atoms with Gasteiger partial charge in [-0.1, -0.05) is 37.4 Å². The minimum absolute atomic E-state index is 0. The molecule has 0 aliphatic carbocycles. The Hall–Kier alpha value is 0.787. The maximum atomic E-state index is 3.76. The van der Waals surface area contributed by atoms with Crippen molar-refractivity contribution in [3.05, 3.63) is 34.7 Å². The van der Waals surface area contributed by atoms with Crippen molar-refractivity contribution in [3.8, 4) is 0 Å². The van der Waals surface area contributed by atoms with E-state index in [2.05, 4.69) is 13.2 Å². The third-order valence-electron chi connectivity index (χ3n) is 1.12. The zero-order valence-corrected chi connectivity index (χ0v) is 14.3. The van der Waals surface area contributed by atoms with E-state index in [0.717, 1.165) is 10.4 Å². The van der Waals surface area contributed by atoms with E-state index < -0.39 is 0 Å². The van der Waals surface area contributed by atoms with Crippen LogP contribution in [0.25, 0.3) is 13.2 Å². The maximum absolute atomic E-state index is 3.76. The summed E-state index contributed by atoms with van der Waals surface area (Å²) in [6.07, 6.45) is 0. The number of hydrogen-bond acceptors (Lipinski definition) is 0. The number of hydrogen-bond donors (Lipinski definition) is 0. The fourth-order valence-corrected chi connectivity index (χ4v) is 0.557. The second-order valence-electron chi connectivity index (χ2n) is 1.77. The maximum Gasteiger partial charge on any atom is 0 e. The molecular weight excluding hydrogens is 298 g/mol. The second-order valence-corrected chi connectivity index (χ2v) is 1.77. The normalized spacial score (nSPS) is 6.00. The van der Waals surface area contributed by atoms with Gasteiger partial charge in [-0.15, -0.1) is 0 Å². The minimum atomic E-state index is 0. The van der Waals surface area contributed by atoms with E-state index in [1.165, 1.54) is 0 Å². The topological polar surface area (TPSA) is 0 Å². The van der Waals surface area contributed by atoms with Crippen LogP contribution in [-0.4, -0.2) is 0 Å². The first-order valence-electron chi connectivity index (χ1n) is 2.53. The van der Waals surface area contributed by atoms with Crippen LogP contribution in [0.2, 0.25) is 0 Å².